The fraction of sp³-hybridized carbons (Fsp3) is 0.700. The number of nitrogens with zero attached hydrogens (tertiary/aromatic N) is 1. The molecule has 1 saturated carbocycles. The molecule has 1 aromatic heterocycles. The van der Waals surface area contributed by atoms with Gasteiger partial charge in [0.1, 0.15) is 0 Å². The average molecular weight is 179 g/mol. The maximum Gasteiger partial charge on any atom is 0.0532 e. The first-order valence-corrected chi connectivity index (χ1v) is 4.89. The minimum Gasteiger partial charge on any atom is -0.309 e. The van der Waals surface area contributed by atoms with E-state index in [4.69, 9.17) is 0 Å². The van der Waals surface area contributed by atoms with Crippen molar-refractivity contribution in [3.05, 3.63) is 18.0 Å². The molecule has 13 heavy (non-hydrogen) atoms. The largest absolute Gasteiger partial charge is 0.309 e. The molecule has 1 heterocycles. The van der Waals surface area contributed by atoms with Crippen molar-refractivity contribution in [1.82, 2.24) is 15.5 Å². The van der Waals surface area contributed by atoms with Crippen LogP contribution in [0.2, 0.25) is 0 Å². The van der Waals surface area contributed by atoms with Gasteiger partial charge in [-0.1, -0.05) is 13.8 Å². The number of hydrogen-bond acceptors (Lipinski definition) is 2. The number of hydrogen-bond donors (Lipinski definition) is 2. The van der Waals surface area contributed by atoms with Crippen LogP contribution in [0.1, 0.15) is 32.3 Å². The van der Waals surface area contributed by atoms with E-state index in [1.54, 1.807) is 0 Å². The molecule has 72 valence electrons. The molecule has 2 rings (SSSR count). The normalized spacial score (nSPS) is 25.5. The Morgan fingerprint density at radius 3 is 3.00 bits per heavy atom. The van der Waals surface area contributed by atoms with Gasteiger partial charge in [-0.05, 0) is 18.3 Å². The Morgan fingerprint density at radius 1 is 1.69 bits per heavy atom. The Labute approximate surface area is 78.9 Å². The van der Waals surface area contributed by atoms with E-state index in [1.807, 2.05) is 12.4 Å². The number of H-pyrrole nitrogens is 1. The summed E-state index contributed by atoms with van der Waals surface area (Å²) >= 11 is 0. The van der Waals surface area contributed by atoms with Gasteiger partial charge >= 0.3 is 0 Å². The van der Waals surface area contributed by atoms with Crippen LogP contribution in [0.4, 0.5) is 0 Å². The molecule has 0 bridgehead atoms. The van der Waals surface area contributed by atoms with Crippen molar-refractivity contribution in [2.45, 2.75) is 39.3 Å². The highest BCUT2D eigenvalue weighted by molar-refractivity contribution is 5.03. The summed E-state index contributed by atoms with van der Waals surface area (Å²) in [6.45, 7) is 5.58. The molecule has 2 N–H and O–H groups in total. The molecule has 1 fully saturated rings. The van der Waals surface area contributed by atoms with Crippen molar-refractivity contribution >= 4 is 0 Å². The van der Waals surface area contributed by atoms with Gasteiger partial charge in [0, 0.05) is 24.3 Å². The molecule has 0 aliphatic heterocycles. The molecule has 3 heteroatoms. The molecular weight excluding hydrogens is 162 g/mol. The van der Waals surface area contributed by atoms with Crippen LogP contribution >= 0.6 is 0 Å². The second kappa shape index (κ2) is 3.14. The number of nitrogens with one attached hydrogen (secondary N) is 2. The van der Waals surface area contributed by atoms with Gasteiger partial charge < -0.3 is 5.32 Å². The fourth-order valence-electron chi connectivity index (χ4n) is 1.86. The van der Waals surface area contributed by atoms with Gasteiger partial charge in [0.25, 0.3) is 0 Å². The summed E-state index contributed by atoms with van der Waals surface area (Å²) in [5, 5.41) is 10.3. The molecule has 1 aliphatic rings. The Kier molecular flexibility index (Phi) is 2.12. The smallest absolute Gasteiger partial charge is 0.0532 e. The van der Waals surface area contributed by atoms with E-state index in [1.165, 1.54) is 18.4 Å². The van der Waals surface area contributed by atoms with E-state index in [0.29, 0.717) is 11.5 Å². The third-order valence-electron chi connectivity index (χ3n) is 3.13. The highest BCUT2D eigenvalue weighted by atomic mass is 15.1. The molecule has 1 aliphatic carbocycles. The molecule has 0 saturated heterocycles. The van der Waals surface area contributed by atoms with Crippen LogP contribution in [-0.2, 0) is 6.54 Å². The van der Waals surface area contributed by atoms with Crippen molar-refractivity contribution < 1.29 is 0 Å². The number of aromatic nitrogens is 2. The number of aromatic amines is 1. The Bertz CT molecular complexity index is 264. The van der Waals surface area contributed by atoms with E-state index >= 15 is 0 Å². The van der Waals surface area contributed by atoms with Gasteiger partial charge in [-0.3, -0.25) is 5.10 Å². The minimum atomic E-state index is 0.490. The summed E-state index contributed by atoms with van der Waals surface area (Å²) in [4.78, 5) is 0. The van der Waals surface area contributed by atoms with Crippen molar-refractivity contribution in [2.75, 3.05) is 0 Å². The number of rotatable bonds is 3. The second-order valence-electron chi connectivity index (χ2n) is 4.57. The summed E-state index contributed by atoms with van der Waals surface area (Å²) < 4.78 is 0. The van der Waals surface area contributed by atoms with Gasteiger partial charge in [-0.15, -0.1) is 0 Å². The van der Waals surface area contributed by atoms with Crippen molar-refractivity contribution in [3.63, 3.8) is 0 Å². The minimum absolute atomic E-state index is 0.490. The van der Waals surface area contributed by atoms with Gasteiger partial charge in [0.2, 0.25) is 0 Å². The van der Waals surface area contributed by atoms with E-state index in [-0.39, 0.29) is 0 Å². The molecular formula is C10H17N3. The van der Waals surface area contributed by atoms with Gasteiger partial charge in [0.15, 0.2) is 0 Å². The molecule has 1 atom stereocenters. The monoisotopic (exact) mass is 179 g/mol. The molecule has 1 aromatic rings. The Hall–Kier alpha value is -0.830. The van der Waals surface area contributed by atoms with E-state index in [9.17, 15) is 0 Å². The third-order valence-corrected chi connectivity index (χ3v) is 3.13. The van der Waals surface area contributed by atoms with Crippen LogP contribution in [-0.4, -0.2) is 16.2 Å². The molecule has 0 amide bonds. The third kappa shape index (κ3) is 1.75. The van der Waals surface area contributed by atoms with Crippen LogP contribution < -0.4 is 5.32 Å². The lowest BCUT2D eigenvalue weighted by Crippen LogP contribution is -2.49. The van der Waals surface area contributed by atoms with E-state index < -0.39 is 0 Å². The first-order chi connectivity index (χ1) is 6.18. The standard InChI is InChI=1S/C10H17N3/c1-10(2)4-3-9(10)11-5-8-6-12-13-7-8/h6-7,9,11H,3-5H2,1-2H3,(H,12,13). The lowest BCUT2D eigenvalue weighted by atomic mass is 9.67. The molecule has 0 aromatic carbocycles. The van der Waals surface area contributed by atoms with Crippen LogP contribution in [0.5, 0.6) is 0 Å². The van der Waals surface area contributed by atoms with Gasteiger partial charge in [0.05, 0.1) is 6.20 Å². The summed E-state index contributed by atoms with van der Waals surface area (Å²) in [6.07, 6.45) is 6.47. The zero-order chi connectivity index (χ0) is 9.31. The molecule has 0 spiro atoms. The Morgan fingerprint density at radius 2 is 2.54 bits per heavy atom. The quantitative estimate of drug-likeness (QED) is 0.741. The summed E-state index contributed by atoms with van der Waals surface area (Å²) in [5.74, 6) is 0. The highest BCUT2D eigenvalue weighted by Gasteiger charge is 2.37. The average Bonchev–Trinajstić information content (AvgIpc) is 2.55. The van der Waals surface area contributed by atoms with Gasteiger partial charge in [-0.25, -0.2) is 0 Å². The van der Waals surface area contributed by atoms with Crippen molar-refractivity contribution in [2.24, 2.45) is 5.41 Å². The topological polar surface area (TPSA) is 40.7 Å². The summed E-state index contributed by atoms with van der Waals surface area (Å²) in [6, 6.07) is 0.683. The SMILES string of the molecule is CC1(C)CCC1NCc1cn[nH]c1. The first-order valence-electron chi connectivity index (χ1n) is 4.89. The van der Waals surface area contributed by atoms with Crippen LogP contribution in [0.25, 0.3) is 0 Å². The fourth-order valence-corrected chi connectivity index (χ4v) is 1.86. The van der Waals surface area contributed by atoms with Crippen molar-refractivity contribution in [1.29, 1.82) is 0 Å². The maximum absolute atomic E-state index is 3.92. The van der Waals surface area contributed by atoms with Crippen LogP contribution in [0.3, 0.4) is 0 Å². The second-order valence-corrected chi connectivity index (χ2v) is 4.57. The molecule has 3 nitrogen and oxygen atoms in total. The van der Waals surface area contributed by atoms with Crippen LogP contribution in [0.15, 0.2) is 12.4 Å². The lowest BCUT2D eigenvalue weighted by molar-refractivity contribution is 0.108. The molecule has 0 radical (unpaired) electrons. The predicted molar refractivity (Wildman–Crippen MR) is 52.2 cm³/mol. The van der Waals surface area contributed by atoms with E-state index in [0.717, 1.165) is 6.54 Å². The predicted octanol–water partition coefficient (Wildman–Crippen LogP) is 1.69. The highest BCUT2D eigenvalue weighted by Crippen LogP contribution is 2.39. The lowest BCUT2D eigenvalue weighted by Gasteiger charge is -2.45. The zero-order valence-corrected chi connectivity index (χ0v) is 8.30. The molecule has 1 unspecified atom stereocenters. The maximum atomic E-state index is 3.92. The van der Waals surface area contributed by atoms with Crippen LogP contribution in [0, 0.1) is 5.41 Å². The van der Waals surface area contributed by atoms with Crippen molar-refractivity contribution in [3.8, 4) is 0 Å². The first kappa shape index (κ1) is 8.75. The summed E-state index contributed by atoms with van der Waals surface area (Å²) in [7, 11) is 0. The Balaban J connectivity index is 1.81. The van der Waals surface area contributed by atoms with Gasteiger partial charge in [-0.2, -0.15) is 5.10 Å². The summed E-state index contributed by atoms with van der Waals surface area (Å²) in [5.41, 5.74) is 1.73. The zero-order valence-electron chi connectivity index (χ0n) is 8.30. The van der Waals surface area contributed by atoms with E-state index in [2.05, 4.69) is 29.4 Å².